The first-order chi connectivity index (χ1) is 14.5. The standard InChI is InChI=1S/C24H26O6/c1-4-6-19-10-13-21(23(17(2)25)24(19)27)30-16-5-15-29-20-11-7-18(8-12-20)9-14-22(26)28-3/h4,7-14,27H,1,5-6,15-16H2,2-3H3/b14-9+. The molecule has 6 heteroatoms. The lowest BCUT2D eigenvalue weighted by molar-refractivity contribution is -0.134. The normalized spacial score (nSPS) is 10.6. The van der Waals surface area contributed by atoms with Crippen molar-refractivity contribution >= 4 is 17.8 Å². The molecule has 0 bridgehead atoms. The van der Waals surface area contributed by atoms with Crippen LogP contribution >= 0.6 is 0 Å². The van der Waals surface area contributed by atoms with Crippen LogP contribution in [0.2, 0.25) is 0 Å². The Morgan fingerprint density at radius 3 is 2.40 bits per heavy atom. The molecule has 2 rings (SSSR count). The zero-order valence-electron chi connectivity index (χ0n) is 17.2. The van der Waals surface area contributed by atoms with Crippen molar-refractivity contribution in [1.29, 1.82) is 0 Å². The third-order valence-corrected chi connectivity index (χ3v) is 4.25. The summed E-state index contributed by atoms with van der Waals surface area (Å²) in [6, 6.07) is 10.7. The van der Waals surface area contributed by atoms with E-state index in [4.69, 9.17) is 9.47 Å². The van der Waals surface area contributed by atoms with Gasteiger partial charge >= 0.3 is 5.97 Å². The number of ketones is 1. The number of phenolic OH excluding ortho intramolecular Hbond substituents is 1. The van der Waals surface area contributed by atoms with Crippen molar-refractivity contribution in [3.63, 3.8) is 0 Å². The predicted molar refractivity (Wildman–Crippen MR) is 115 cm³/mol. The summed E-state index contributed by atoms with van der Waals surface area (Å²) in [5.41, 5.74) is 1.68. The number of allylic oxidation sites excluding steroid dienone is 1. The van der Waals surface area contributed by atoms with Gasteiger partial charge in [0.05, 0.1) is 20.3 Å². The van der Waals surface area contributed by atoms with E-state index in [1.807, 2.05) is 24.3 Å². The number of ether oxygens (including phenoxy) is 3. The van der Waals surface area contributed by atoms with Gasteiger partial charge in [0.15, 0.2) is 5.78 Å². The molecule has 0 atom stereocenters. The molecule has 0 saturated carbocycles. The summed E-state index contributed by atoms with van der Waals surface area (Å²) in [6.07, 6.45) is 5.74. The zero-order valence-corrected chi connectivity index (χ0v) is 17.2. The lowest BCUT2D eigenvalue weighted by Crippen LogP contribution is -2.08. The van der Waals surface area contributed by atoms with Crippen molar-refractivity contribution in [2.75, 3.05) is 20.3 Å². The van der Waals surface area contributed by atoms with Gasteiger partial charge in [0.1, 0.15) is 22.8 Å². The molecule has 0 aliphatic carbocycles. The molecule has 0 saturated heterocycles. The largest absolute Gasteiger partial charge is 0.507 e. The molecule has 0 aliphatic rings. The van der Waals surface area contributed by atoms with Crippen LogP contribution < -0.4 is 9.47 Å². The highest BCUT2D eigenvalue weighted by atomic mass is 16.5. The first-order valence-corrected chi connectivity index (χ1v) is 9.54. The van der Waals surface area contributed by atoms with Gasteiger partial charge in [-0.2, -0.15) is 0 Å². The summed E-state index contributed by atoms with van der Waals surface area (Å²) in [6.45, 7) is 5.80. The van der Waals surface area contributed by atoms with E-state index in [0.29, 0.717) is 43.1 Å². The Labute approximate surface area is 176 Å². The fourth-order valence-corrected chi connectivity index (χ4v) is 2.74. The molecule has 0 amide bonds. The number of hydrogen-bond acceptors (Lipinski definition) is 6. The molecule has 0 heterocycles. The van der Waals surface area contributed by atoms with E-state index in [1.165, 1.54) is 20.1 Å². The summed E-state index contributed by atoms with van der Waals surface area (Å²) in [7, 11) is 1.33. The van der Waals surface area contributed by atoms with Gasteiger partial charge in [0, 0.05) is 12.5 Å². The van der Waals surface area contributed by atoms with Gasteiger partial charge in [-0.15, -0.1) is 6.58 Å². The Morgan fingerprint density at radius 1 is 1.07 bits per heavy atom. The second-order valence-corrected chi connectivity index (χ2v) is 6.47. The van der Waals surface area contributed by atoms with E-state index >= 15 is 0 Å². The molecule has 0 aromatic heterocycles. The fourth-order valence-electron chi connectivity index (χ4n) is 2.74. The first-order valence-electron chi connectivity index (χ1n) is 9.54. The number of esters is 1. The van der Waals surface area contributed by atoms with Crippen LogP contribution in [0.15, 0.2) is 55.1 Å². The minimum atomic E-state index is -0.410. The number of carbonyl (C=O) groups excluding carboxylic acids is 2. The molecule has 0 aliphatic heterocycles. The van der Waals surface area contributed by atoms with Gasteiger partial charge in [-0.1, -0.05) is 24.3 Å². The number of phenols is 1. The van der Waals surface area contributed by atoms with Gasteiger partial charge in [0.25, 0.3) is 0 Å². The Balaban J connectivity index is 1.85. The zero-order chi connectivity index (χ0) is 21.9. The molecule has 158 valence electrons. The van der Waals surface area contributed by atoms with Crippen molar-refractivity contribution < 1.29 is 28.9 Å². The van der Waals surface area contributed by atoms with Crippen LogP contribution in [0.3, 0.4) is 0 Å². The van der Waals surface area contributed by atoms with Gasteiger partial charge < -0.3 is 19.3 Å². The van der Waals surface area contributed by atoms with Crippen molar-refractivity contribution in [1.82, 2.24) is 0 Å². The summed E-state index contributed by atoms with van der Waals surface area (Å²) < 4.78 is 15.9. The van der Waals surface area contributed by atoms with E-state index in [0.717, 1.165) is 5.56 Å². The highest BCUT2D eigenvalue weighted by Gasteiger charge is 2.17. The number of aromatic hydroxyl groups is 1. The summed E-state index contributed by atoms with van der Waals surface area (Å²) in [4.78, 5) is 23.0. The van der Waals surface area contributed by atoms with Crippen LogP contribution in [-0.4, -0.2) is 37.2 Å². The molecule has 0 spiro atoms. The topological polar surface area (TPSA) is 82.1 Å². The van der Waals surface area contributed by atoms with Crippen molar-refractivity contribution in [3.8, 4) is 17.2 Å². The van der Waals surface area contributed by atoms with Crippen LogP contribution in [0, 0.1) is 0 Å². The minimum Gasteiger partial charge on any atom is -0.507 e. The van der Waals surface area contributed by atoms with Crippen LogP contribution in [0.1, 0.15) is 34.8 Å². The van der Waals surface area contributed by atoms with Crippen molar-refractivity contribution in [3.05, 3.63) is 71.8 Å². The number of benzene rings is 2. The van der Waals surface area contributed by atoms with Crippen LogP contribution in [-0.2, 0) is 16.0 Å². The Morgan fingerprint density at radius 2 is 1.77 bits per heavy atom. The smallest absolute Gasteiger partial charge is 0.330 e. The quantitative estimate of drug-likeness (QED) is 0.195. The van der Waals surface area contributed by atoms with E-state index in [1.54, 1.807) is 24.3 Å². The van der Waals surface area contributed by atoms with Crippen LogP contribution in [0.5, 0.6) is 17.2 Å². The van der Waals surface area contributed by atoms with Crippen LogP contribution in [0.4, 0.5) is 0 Å². The van der Waals surface area contributed by atoms with Crippen molar-refractivity contribution in [2.24, 2.45) is 0 Å². The number of Topliss-reactive ketones (excluding diaryl/α,β-unsaturated/α-hetero) is 1. The Bertz CT molecular complexity index is 912. The summed E-state index contributed by atoms with van der Waals surface area (Å²) in [5, 5.41) is 10.3. The third-order valence-electron chi connectivity index (χ3n) is 4.25. The average Bonchev–Trinajstić information content (AvgIpc) is 2.74. The molecule has 2 aromatic carbocycles. The Hall–Kier alpha value is -3.54. The molecule has 1 N–H and O–H groups in total. The number of hydrogen-bond donors (Lipinski definition) is 1. The predicted octanol–water partition coefficient (Wildman–Crippen LogP) is 4.36. The molecular formula is C24H26O6. The SMILES string of the molecule is C=CCc1ccc(OCCCOc2ccc(/C=C/C(=O)OC)cc2)c(C(C)=O)c1O. The maximum atomic E-state index is 11.9. The third kappa shape index (κ3) is 6.51. The van der Waals surface area contributed by atoms with E-state index in [2.05, 4.69) is 11.3 Å². The number of rotatable bonds is 11. The lowest BCUT2D eigenvalue weighted by atomic mass is 10.0. The van der Waals surface area contributed by atoms with E-state index in [9.17, 15) is 14.7 Å². The fraction of sp³-hybridized carbons (Fsp3) is 0.250. The van der Waals surface area contributed by atoms with Gasteiger partial charge in [0.2, 0.25) is 0 Å². The number of methoxy groups -OCH3 is 1. The van der Waals surface area contributed by atoms with E-state index in [-0.39, 0.29) is 17.1 Å². The van der Waals surface area contributed by atoms with Gasteiger partial charge in [-0.05, 0) is 48.7 Å². The molecule has 30 heavy (non-hydrogen) atoms. The first kappa shape index (κ1) is 22.7. The second kappa shape index (κ2) is 11.5. The summed E-state index contributed by atoms with van der Waals surface area (Å²) in [5.74, 6) is 0.325. The number of carbonyl (C=O) groups is 2. The maximum Gasteiger partial charge on any atom is 0.330 e. The summed E-state index contributed by atoms with van der Waals surface area (Å²) >= 11 is 0. The lowest BCUT2D eigenvalue weighted by Gasteiger charge is -2.14. The van der Waals surface area contributed by atoms with Crippen molar-refractivity contribution in [2.45, 2.75) is 19.8 Å². The van der Waals surface area contributed by atoms with E-state index < -0.39 is 5.97 Å². The molecule has 0 unspecified atom stereocenters. The Kier molecular flexibility index (Phi) is 8.69. The van der Waals surface area contributed by atoms with Gasteiger partial charge in [-0.3, -0.25) is 4.79 Å². The average molecular weight is 410 g/mol. The second-order valence-electron chi connectivity index (χ2n) is 6.47. The van der Waals surface area contributed by atoms with Crippen LogP contribution in [0.25, 0.3) is 6.08 Å². The molecule has 0 fully saturated rings. The highest BCUT2D eigenvalue weighted by Crippen LogP contribution is 2.32. The minimum absolute atomic E-state index is 0.0579. The highest BCUT2D eigenvalue weighted by molar-refractivity contribution is 6.00. The monoisotopic (exact) mass is 410 g/mol. The van der Waals surface area contributed by atoms with Gasteiger partial charge in [-0.25, -0.2) is 4.79 Å². The molecule has 2 aromatic rings. The molecule has 6 nitrogen and oxygen atoms in total. The maximum absolute atomic E-state index is 11.9. The molecular weight excluding hydrogens is 384 g/mol. The molecule has 0 radical (unpaired) electrons.